The van der Waals surface area contributed by atoms with Gasteiger partial charge in [0, 0.05) is 5.69 Å². The van der Waals surface area contributed by atoms with Gasteiger partial charge >= 0.3 is 5.97 Å². The van der Waals surface area contributed by atoms with E-state index < -0.39 is 25.0 Å². The zero-order valence-electron chi connectivity index (χ0n) is 14.4. The van der Waals surface area contributed by atoms with Gasteiger partial charge in [-0.2, -0.15) is 0 Å². The lowest BCUT2D eigenvalue weighted by Crippen LogP contribution is -2.37. The van der Waals surface area contributed by atoms with Gasteiger partial charge in [-0.05, 0) is 37.5 Å². The zero-order chi connectivity index (χ0) is 18.7. The smallest absolute Gasteiger partial charge is 0.326 e. The SMILES string of the molecule is Cc1cccc(NC(=O)COC(=O)CN2C(=O)[C@H]3CC=CC[C@@H]3C2=O)c1. The van der Waals surface area contributed by atoms with Crippen molar-refractivity contribution in [1.82, 2.24) is 4.90 Å². The van der Waals surface area contributed by atoms with Crippen LogP contribution in [0.25, 0.3) is 0 Å². The second kappa shape index (κ2) is 7.51. The van der Waals surface area contributed by atoms with Crippen molar-refractivity contribution in [3.8, 4) is 0 Å². The molecule has 1 aliphatic heterocycles. The maximum absolute atomic E-state index is 12.3. The Morgan fingerprint density at radius 2 is 1.81 bits per heavy atom. The van der Waals surface area contributed by atoms with Crippen molar-refractivity contribution >= 4 is 29.4 Å². The molecule has 0 radical (unpaired) electrons. The summed E-state index contributed by atoms with van der Waals surface area (Å²) in [4.78, 5) is 49.3. The van der Waals surface area contributed by atoms with Gasteiger partial charge in [0.15, 0.2) is 6.61 Å². The number of imide groups is 1. The highest BCUT2D eigenvalue weighted by Crippen LogP contribution is 2.34. The summed E-state index contributed by atoms with van der Waals surface area (Å²) < 4.78 is 4.91. The first-order valence-electron chi connectivity index (χ1n) is 8.48. The number of benzene rings is 1. The van der Waals surface area contributed by atoms with Crippen molar-refractivity contribution in [1.29, 1.82) is 0 Å². The third-order valence-corrected chi connectivity index (χ3v) is 4.55. The first-order chi connectivity index (χ1) is 12.5. The van der Waals surface area contributed by atoms with Gasteiger partial charge in [0.2, 0.25) is 11.8 Å². The molecule has 1 heterocycles. The Morgan fingerprint density at radius 3 is 2.42 bits per heavy atom. The van der Waals surface area contributed by atoms with Crippen LogP contribution >= 0.6 is 0 Å². The van der Waals surface area contributed by atoms with Gasteiger partial charge in [0.1, 0.15) is 6.54 Å². The van der Waals surface area contributed by atoms with Crippen molar-refractivity contribution in [3.05, 3.63) is 42.0 Å². The number of hydrogen-bond donors (Lipinski definition) is 1. The van der Waals surface area contributed by atoms with E-state index in [1.165, 1.54) is 0 Å². The van der Waals surface area contributed by atoms with Gasteiger partial charge in [0.25, 0.3) is 5.91 Å². The number of nitrogens with zero attached hydrogens (tertiary/aromatic N) is 1. The number of fused-ring (bicyclic) bond motifs is 1. The topological polar surface area (TPSA) is 92.8 Å². The summed E-state index contributed by atoms with van der Waals surface area (Å²) in [7, 11) is 0. The van der Waals surface area contributed by atoms with Crippen LogP contribution in [0, 0.1) is 18.8 Å². The largest absolute Gasteiger partial charge is 0.454 e. The van der Waals surface area contributed by atoms with Gasteiger partial charge in [-0.3, -0.25) is 24.1 Å². The minimum atomic E-state index is -0.780. The van der Waals surface area contributed by atoms with Crippen molar-refractivity contribution in [3.63, 3.8) is 0 Å². The van der Waals surface area contributed by atoms with E-state index in [0.717, 1.165) is 10.5 Å². The molecule has 3 rings (SSSR count). The minimum absolute atomic E-state index is 0.342. The van der Waals surface area contributed by atoms with Crippen molar-refractivity contribution < 1.29 is 23.9 Å². The van der Waals surface area contributed by atoms with Crippen LogP contribution in [0.2, 0.25) is 0 Å². The number of ether oxygens (including phenoxy) is 1. The number of carbonyl (C=O) groups is 4. The molecule has 1 N–H and O–H groups in total. The van der Waals surface area contributed by atoms with Crippen molar-refractivity contribution in [2.75, 3.05) is 18.5 Å². The predicted molar refractivity (Wildman–Crippen MR) is 92.8 cm³/mol. The van der Waals surface area contributed by atoms with Gasteiger partial charge in [-0.25, -0.2) is 0 Å². The van der Waals surface area contributed by atoms with E-state index in [4.69, 9.17) is 4.74 Å². The monoisotopic (exact) mass is 356 g/mol. The molecule has 1 aliphatic carbocycles. The number of amides is 3. The van der Waals surface area contributed by atoms with E-state index in [1.54, 1.807) is 18.2 Å². The van der Waals surface area contributed by atoms with Gasteiger partial charge in [-0.15, -0.1) is 0 Å². The molecule has 136 valence electrons. The molecule has 1 aromatic rings. The number of aryl methyl sites for hydroxylation is 1. The molecule has 1 aromatic carbocycles. The number of carbonyl (C=O) groups excluding carboxylic acids is 4. The fraction of sp³-hybridized carbons (Fsp3) is 0.368. The zero-order valence-corrected chi connectivity index (χ0v) is 14.4. The molecule has 2 atom stereocenters. The Labute approximate surface area is 151 Å². The maximum atomic E-state index is 12.3. The summed E-state index contributed by atoms with van der Waals surface area (Å²) >= 11 is 0. The highest BCUT2D eigenvalue weighted by Gasteiger charge is 2.47. The lowest BCUT2D eigenvalue weighted by atomic mass is 9.85. The fourth-order valence-corrected chi connectivity index (χ4v) is 3.27. The average molecular weight is 356 g/mol. The maximum Gasteiger partial charge on any atom is 0.326 e. The second-order valence-electron chi connectivity index (χ2n) is 6.50. The Bertz CT molecular complexity index is 760. The molecule has 7 heteroatoms. The highest BCUT2D eigenvalue weighted by molar-refractivity contribution is 6.07. The van der Waals surface area contributed by atoms with E-state index in [1.807, 2.05) is 25.1 Å². The Morgan fingerprint density at radius 1 is 1.15 bits per heavy atom. The average Bonchev–Trinajstić information content (AvgIpc) is 2.85. The summed E-state index contributed by atoms with van der Waals surface area (Å²) in [6, 6.07) is 7.21. The summed E-state index contributed by atoms with van der Waals surface area (Å²) in [6.07, 6.45) is 4.78. The normalized spacial score (nSPS) is 21.5. The number of allylic oxidation sites excluding steroid dienone is 2. The quantitative estimate of drug-likeness (QED) is 0.489. The van der Waals surface area contributed by atoms with Gasteiger partial charge in [-0.1, -0.05) is 24.3 Å². The van der Waals surface area contributed by atoms with Crippen LogP contribution in [-0.4, -0.2) is 41.7 Å². The summed E-state index contributed by atoms with van der Waals surface area (Å²) in [5.41, 5.74) is 1.59. The van der Waals surface area contributed by atoms with E-state index >= 15 is 0 Å². The molecule has 0 unspecified atom stereocenters. The van der Waals surface area contributed by atoms with Crippen LogP contribution in [0.15, 0.2) is 36.4 Å². The molecule has 26 heavy (non-hydrogen) atoms. The van der Waals surface area contributed by atoms with Crippen LogP contribution in [0.3, 0.4) is 0 Å². The number of rotatable bonds is 5. The second-order valence-corrected chi connectivity index (χ2v) is 6.50. The molecule has 0 aromatic heterocycles. The Hall–Kier alpha value is -2.96. The van der Waals surface area contributed by atoms with Crippen LogP contribution in [0.1, 0.15) is 18.4 Å². The lowest BCUT2D eigenvalue weighted by Gasteiger charge is -2.14. The Kier molecular flexibility index (Phi) is 5.16. The van der Waals surface area contributed by atoms with Crippen molar-refractivity contribution in [2.45, 2.75) is 19.8 Å². The molecular formula is C19H20N2O5. The minimum Gasteiger partial charge on any atom is -0.454 e. The number of hydrogen-bond acceptors (Lipinski definition) is 5. The standard InChI is InChI=1S/C19H20N2O5/c1-12-5-4-6-13(9-12)20-16(22)11-26-17(23)10-21-18(24)14-7-2-3-8-15(14)19(21)25/h2-6,9,14-15H,7-8,10-11H2,1H3,(H,20,22)/t14-,15-/m0/s1. The molecule has 7 nitrogen and oxygen atoms in total. The summed E-state index contributed by atoms with van der Waals surface area (Å²) in [5, 5.41) is 2.62. The van der Waals surface area contributed by atoms with Gasteiger partial charge in [0.05, 0.1) is 11.8 Å². The third-order valence-electron chi connectivity index (χ3n) is 4.55. The third kappa shape index (κ3) is 3.82. The number of anilines is 1. The molecule has 3 amide bonds. The summed E-state index contributed by atoms with van der Waals surface area (Å²) in [6.45, 7) is 0.965. The molecule has 0 bridgehead atoms. The van der Waals surface area contributed by atoms with Crippen LogP contribution in [0.4, 0.5) is 5.69 Å². The van der Waals surface area contributed by atoms with E-state index in [0.29, 0.717) is 18.5 Å². The number of nitrogens with one attached hydrogen (secondary N) is 1. The van der Waals surface area contributed by atoms with E-state index in [-0.39, 0.29) is 23.7 Å². The molecular weight excluding hydrogens is 336 g/mol. The molecule has 0 saturated carbocycles. The highest BCUT2D eigenvalue weighted by atomic mass is 16.5. The van der Waals surface area contributed by atoms with Crippen molar-refractivity contribution in [2.24, 2.45) is 11.8 Å². The first kappa shape index (κ1) is 17.8. The van der Waals surface area contributed by atoms with Crippen LogP contribution in [-0.2, 0) is 23.9 Å². The molecule has 2 aliphatic rings. The molecule has 1 fully saturated rings. The van der Waals surface area contributed by atoms with Crippen LogP contribution in [0.5, 0.6) is 0 Å². The van der Waals surface area contributed by atoms with Gasteiger partial charge < -0.3 is 10.1 Å². The van der Waals surface area contributed by atoms with E-state index in [9.17, 15) is 19.2 Å². The van der Waals surface area contributed by atoms with E-state index in [2.05, 4.69) is 5.32 Å². The first-order valence-corrected chi connectivity index (χ1v) is 8.48. The fourth-order valence-electron chi connectivity index (χ4n) is 3.27. The molecule has 0 spiro atoms. The predicted octanol–water partition coefficient (Wildman–Crippen LogP) is 1.43. The number of esters is 1. The summed E-state index contributed by atoms with van der Waals surface area (Å²) in [5.74, 6) is -2.72. The van der Waals surface area contributed by atoms with Crippen LogP contribution < -0.4 is 5.32 Å². The lowest BCUT2D eigenvalue weighted by molar-refractivity contribution is -0.154. The number of likely N-dealkylation sites (tertiary alicyclic amines) is 1. The Balaban J connectivity index is 1.49. The molecule has 1 saturated heterocycles.